The van der Waals surface area contributed by atoms with Gasteiger partial charge in [0.05, 0.1) is 10.2 Å². The van der Waals surface area contributed by atoms with Gasteiger partial charge in [-0.3, -0.25) is 4.79 Å². The molecule has 0 N–H and O–H groups in total. The topological polar surface area (TPSA) is 42.4 Å². The third kappa shape index (κ3) is 3.47. The van der Waals surface area contributed by atoms with Gasteiger partial charge in [0.15, 0.2) is 6.61 Å². The summed E-state index contributed by atoms with van der Waals surface area (Å²) >= 11 is 1.46. The fourth-order valence-electron chi connectivity index (χ4n) is 5.14. The maximum atomic E-state index is 13.5. The van der Waals surface area contributed by atoms with Gasteiger partial charge in [-0.25, -0.2) is 4.98 Å². The minimum atomic E-state index is -0.382. The molecule has 0 aliphatic carbocycles. The molecule has 0 bridgehead atoms. The van der Waals surface area contributed by atoms with Crippen LogP contribution in [0, 0.1) is 0 Å². The van der Waals surface area contributed by atoms with Crippen molar-refractivity contribution in [2.45, 2.75) is 38.1 Å². The Morgan fingerprint density at radius 3 is 2.44 bits per heavy atom. The summed E-state index contributed by atoms with van der Waals surface area (Å²) < 4.78 is 6.92. The highest BCUT2D eigenvalue weighted by Crippen LogP contribution is 2.50. The molecule has 1 amide bonds. The number of hydrogen-bond acceptors (Lipinski definition) is 4. The van der Waals surface area contributed by atoms with Gasteiger partial charge in [0.2, 0.25) is 0 Å². The summed E-state index contributed by atoms with van der Waals surface area (Å²) in [5, 5.41) is 0.525. The summed E-state index contributed by atoms with van der Waals surface area (Å²) in [6.07, 6.45) is 0.813. The Balaban J connectivity index is 1.47. The van der Waals surface area contributed by atoms with Crippen molar-refractivity contribution in [1.29, 1.82) is 0 Å². The molecule has 0 saturated heterocycles. The number of hydrogen-bond donors (Lipinski definition) is 0. The van der Waals surface area contributed by atoms with Crippen molar-refractivity contribution in [3.05, 3.63) is 90.0 Å². The van der Waals surface area contributed by atoms with Gasteiger partial charge in [0, 0.05) is 16.6 Å². The number of thiazole rings is 1. The Morgan fingerprint density at radius 1 is 0.969 bits per heavy atom. The van der Waals surface area contributed by atoms with Crippen molar-refractivity contribution in [2.75, 3.05) is 11.5 Å². The molecule has 0 saturated carbocycles. The van der Waals surface area contributed by atoms with E-state index in [4.69, 9.17) is 4.74 Å². The molecule has 0 unspecified atom stereocenters. The molecule has 1 aliphatic rings. The molecule has 4 nitrogen and oxygen atoms in total. The number of carbonyl (C=O) groups excluding carboxylic acids is 1. The van der Waals surface area contributed by atoms with Crippen molar-refractivity contribution in [1.82, 2.24) is 4.98 Å². The molecule has 1 aromatic heterocycles. The van der Waals surface area contributed by atoms with E-state index in [1.54, 1.807) is 0 Å². The van der Waals surface area contributed by atoms with Crippen molar-refractivity contribution in [2.24, 2.45) is 0 Å². The first-order valence-corrected chi connectivity index (χ1v) is 11.7. The monoisotopic (exact) mass is 442 g/mol. The fraction of sp³-hybridized carbons (Fsp3) is 0.259. The third-order valence-corrected chi connectivity index (χ3v) is 7.33. The normalized spacial score (nSPS) is 19.5. The van der Waals surface area contributed by atoms with Gasteiger partial charge in [-0.05, 0) is 49.6 Å². The van der Waals surface area contributed by atoms with Gasteiger partial charge < -0.3 is 9.64 Å². The standard InChI is InChI=1S/C27H26N2O2S/c1-26(2)18-27(3,19-11-5-4-6-12-19)20-13-7-9-15-22(20)29(26)24(30)17-31-25-28-21-14-8-10-16-23(21)32-25/h4-16H,17-18H2,1-3H3/t27-/m0/s1. The second-order valence-electron chi connectivity index (χ2n) is 9.17. The molecular weight excluding hydrogens is 416 g/mol. The summed E-state index contributed by atoms with van der Waals surface area (Å²) in [5.74, 6) is -0.0585. The average molecular weight is 443 g/mol. The third-order valence-electron chi connectivity index (χ3n) is 6.38. The molecule has 0 fully saturated rings. The zero-order valence-corrected chi connectivity index (χ0v) is 19.4. The molecule has 2 heterocycles. The highest BCUT2D eigenvalue weighted by Gasteiger charge is 2.47. The maximum Gasteiger partial charge on any atom is 0.274 e. The molecule has 3 aromatic carbocycles. The van der Waals surface area contributed by atoms with Crippen molar-refractivity contribution in [3.63, 3.8) is 0 Å². The molecule has 1 atom stereocenters. The number of fused-ring (bicyclic) bond motifs is 2. The summed E-state index contributed by atoms with van der Waals surface area (Å²) in [5.41, 5.74) is 3.70. The largest absolute Gasteiger partial charge is 0.460 e. The fourth-order valence-corrected chi connectivity index (χ4v) is 5.95. The van der Waals surface area contributed by atoms with E-state index in [1.165, 1.54) is 22.5 Å². The van der Waals surface area contributed by atoms with Crippen LogP contribution in [0.5, 0.6) is 5.19 Å². The lowest BCUT2D eigenvalue weighted by molar-refractivity contribution is -0.121. The van der Waals surface area contributed by atoms with Gasteiger partial charge in [0.1, 0.15) is 0 Å². The lowest BCUT2D eigenvalue weighted by Gasteiger charge is -2.51. The van der Waals surface area contributed by atoms with E-state index in [0.29, 0.717) is 5.19 Å². The number of para-hydroxylation sites is 2. The van der Waals surface area contributed by atoms with E-state index in [2.05, 4.69) is 62.2 Å². The highest BCUT2D eigenvalue weighted by atomic mass is 32.1. The van der Waals surface area contributed by atoms with Crippen LogP contribution in [0.2, 0.25) is 0 Å². The smallest absolute Gasteiger partial charge is 0.274 e. The zero-order valence-electron chi connectivity index (χ0n) is 18.5. The number of anilines is 1. The van der Waals surface area contributed by atoms with E-state index in [9.17, 15) is 4.79 Å². The summed E-state index contributed by atoms with van der Waals surface area (Å²) in [6, 6.07) is 26.7. The summed E-state index contributed by atoms with van der Waals surface area (Å²) in [4.78, 5) is 19.9. The second kappa shape index (κ2) is 7.75. The lowest BCUT2D eigenvalue weighted by atomic mass is 9.65. The predicted molar refractivity (Wildman–Crippen MR) is 131 cm³/mol. The molecule has 0 spiro atoms. The van der Waals surface area contributed by atoms with E-state index in [0.717, 1.165) is 22.3 Å². The van der Waals surface area contributed by atoms with Gasteiger partial charge in [-0.15, -0.1) is 0 Å². The Kier molecular flexibility index (Phi) is 5.01. The highest BCUT2D eigenvalue weighted by molar-refractivity contribution is 7.20. The van der Waals surface area contributed by atoms with E-state index in [1.807, 2.05) is 47.4 Å². The minimum Gasteiger partial charge on any atom is -0.460 e. The van der Waals surface area contributed by atoms with Crippen LogP contribution in [-0.4, -0.2) is 23.0 Å². The Labute approximate surface area is 192 Å². The van der Waals surface area contributed by atoms with Crippen LogP contribution in [0.1, 0.15) is 38.3 Å². The molecule has 32 heavy (non-hydrogen) atoms. The van der Waals surface area contributed by atoms with Crippen LogP contribution in [-0.2, 0) is 10.2 Å². The maximum absolute atomic E-state index is 13.5. The predicted octanol–water partition coefficient (Wildman–Crippen LogP) is 6.20. The van der Waals surface area contributed by atoms with Crippen LogP contribution >= 0.6 is 11.3 Å². The number of carbonyl (C=O) groups is 1. The van der Waals surface area contributed by atoms with Crippen molar-refractivity contribution >= 4 is 33.1 Å². The number of ether oxygens (including phenoxy) is 1. The van der Waals surface area contributed by atoms with Crippen molar-refractivity contribution in [3.8, 4) is 5.19 Å². The van der Waals surface area contributed by atoms with E-state index in [-0.39, 0.29) is 23.5 Å². The first-order chi connectivity index (χ1) is 15.4. The van der Waals surface area contributed by atoms with Crippen LogP contribution in [0.3, 0.4) is 0 Å². The number of amides is 1. The zero-order chi connectivity index (χ0) is 22.3. The molecule has 162 valence electrons. The quantitative estimate of drug-likeness (QED) is 0.378. The van der Waals surface area contributed by atoms with Crippen LogP contribution in [0.25, 0.3) is 10.2 Å². The number of nitrogens with zero attached hydrogens (tertiary/aromatic N) is 2. The van der Waals surface area contributed by atoms with Gasteiger partial charge in [-0.1, -0.05) is 78.9 Å². The van der Waals surface area contributed by atoms with Crippen LogP contribution in [0.4, 0.5) is 5.69 Å². The summed E-state index contributed by atoms with van der Waals surface area (Å²) in [6.45, 7) is 6.52. The van der Waals surface area contributed by atoms with Gasteiger partial charge in [-0.2, -0.15) is 0 Å². The number of aromatic nitrogens is 1. The van der Waals surface area contributed by atoms with E-state index >= 15 is 0 Å². The average Bonchev–Trinajstić information content (AvgIpc) is 3.21. The van der Waals surface area contributed by atoms with Crippen LogP contribution in [0.15, 0.2) is 78.9 Å². The SMILES string of the molecule is CC1(C)C[C@@](C)(c2ccccc2)c2ccccc2N1C(=O)COc1nc2ccccc2s1. The number of benzene rings is 3. The minimum absolute atomic E-state index is 0.0420. The first-order valence-electron chi connectivity index (χ1n) is 10.8. The Bertz CT molecular complexity index is 1250. The lowest BCUT2D eigenvalue weighted by Crippen LogP contribution is -2.57. The summed E-state index contributed by atoms with van der Waals surface area (Å²) in [7, 11) is 0. The first kappa shape index (κ1) is 20.7. The molecule has 5 rings (SSSR count). The number of rotatable bonds is 4. The van der Waals surface area contributed by atoms with Gasteiger partial charge >= 0.3 is 0 Å². The van der Waals surface area contributed by atoms with Crippen molar-refractivity contribution < 1.29 is 9.53 Å². The van der Waals surface area contributed by atoms with Gasteiger partial charge in [0.25, 0.3) is 11.1 Å². The molecule has 1 aliphatic heterocycles. The van der Waals surface area contributed by atoms with E-state index < -0.39 is 0 Å². The Hall–Kier alpha value is -3.18. The second-order valence-corrected chi connectivity index (χ2v) is 10.2. The van der Waals surface area contributed by atoms with Crippen LogP contribution < -0.4 is 9.64 Å². The molecule has 4 aromatic rings. The molecular formula is C27H26N2O2S. The molecule has 5 heteroatoms. The molecule has 0 radical (unpaired) electrons. The Morgan fingerprint density at radius 2 is 1.66 bits per heavy atom.